The third-order valence-corrected chi connectivity index (χ3v) is 5.58. The van der Waals surface area contributed by atoms with Gasteiger partial charge in [0.25, 0.3) is 0 Å². The second-order valence-corrected chi connectivity index (χ2v) is 8.87. The molecule has 7 nitrogen and oxygen atoms in total. The number of aromatic nitrogens is 1. The van der Waals surface area contributed by atoms with E-state index in [2.05, 4.69) is 10.0 Å². The lowest BCUT2D eigenvalue weighted by atomic mass is 9.98. The predicted molar refractivity (Wildman–Crippen MR) is 111 cm³/mol. The maximum absolute atomic E-state index is 12.7. The molecule has 2 aromatic carbocycles. The van der Waals surface area contributed by atoms with Crippen LogP contribution in [0.1, 0.15) is 11.1 Å². The molecule has 2 amide bonds. The van der Waals surface area contributed by atoms with Gasteiger partial charge in [-0.05, 0) is 47.2 Å². The number of hydrogen-bond acceptors (Lipinski definition) is 3. The van der Waals surface area contributed by atoms with Crippen molar-refractivity contribution in [2.24, 2.45) is 7.05 Å². The highest BCUT2D eigenvalue weighted by molar-refractivity contribution is 7.92. The van der Waals surface area contributed by atoms with Crippen LogP contribution in [0.4, 0.5) is 16.2 Å². The lowest BCUT2D eigenvalue weighted by Crippen LogP contribution is -2.39. The monoisotopic (exact) mass is 398 g/mol. The van der Waals surface area contributed by atoms with Crippen LogP contribution in [0.25, 0.3) is 10.9 Å². The van der Waals surface area contributed by atoms with Crippen molar-refractivity contribution in [2.75, 3.05) is 22.8 Å². The molecule has 4 rings (SSSR count). The van der Waals surface area contributed by atoms with Gasteiger partial charge in [-0.3, -0.25) is 4.72 Å². The molecule has 3 aromatic rings. The smallest absolute Gasteiger partial charge is 0.322 e. The number of nitrogens with zero attached hydrogens (tertiary/aromatic N) is 2. The van der Waals surface area contributed by atoms with E-state index in [1.165, 1.54) is 0 Å². The van der Waals surface area contributed by atoms with Crippen LogP contribution in [-0.4, -0.2) is 36.7 Å². The first-order chi connectivity index (χ1) is 13.3. The molecule has 0 saturated carbocycles. The van der Waals surface area contributed by atoms with Crippen molar-refractivity contribution < 1.29 is 13.2 Å². The molecule has 2 N–H and O–H groups in total. The van der Waals surface area contributed by atoms with Gasteiger partial charge in [0.1, 0.15) is 0 Å². The van der Waals surface area contributed by atoms with Gasteiger partial charge in [0.15, 0.2) is 0 Å². The Bertz CT molecular complexity index is 1170. The van der Waals surface area contributed by atoms with Crippen molar-refractivity contribution in [1.29, 1.82) is 0 Å². The minimum atomic E-state index is -3.34. The van der Waals surface area contributed by atoms with Gasteiger partial charge in [0, 0.05) is 37.5 Å². The molecule has 28 heavy (non-hydrogen) atoms. The topological polar surface area (TPSA) is 83.4 Å². The van der Waals surface area contributed by atoms with Gasteiger partial charge >= 0.3 is 6.03 Å². The molecule has 0 fully saturated rings. The van der Waals surface area contributed by atoms with Crippen LogP contribution in [0.5, 0.6) is 0 Å². The van der Waals surface area contributed by atoms with Gasteiger partial charge < -0.3 is 14.8 Å². The lowest BCUT2D eigenvalue weighted by Gasteiger charge is -2.30. The zero-order valence-electron chi connectivity index (χ0n) is 15.8. The number of carbonyl (C=O) groups excluding carboxylic acids is 1. The van der Waals surface area contributed by atoms with E-state index in [1.54, 1.807) is 17.0 Å². The van der Waals surface area contributed by atoms with Crippen molar-refractivity contribution >= 4 is 38.3 Å². The Morgan fingerprint density at radius 2 is 1.96 bits per heavy atom. The number of rotatable bonds is 3. The molecule has 146 valence electrons. The van der Waals surface area contributed by atoms with Gasteiger partial charge in [-0.2, -0.15) is 0 Å². The fourth-order valence-corrected chi connectivity index (χ4v) is 4.21. The number of hydrogen-bond donors (Lipinski definition) is 2. The second-order valence-electron chi connectivity index (χ2n) is 7.12. The summed E-state index contributed by atoms with van der Waals surface area (Å²) >= 11 is 0. The molecule has 0 radical (unpaired) electrons. The van der Waals surface area contributed by atoms with E-state index >= 15 is 0 Å². The normalized spacial score (nSPS) is 14.0. The van der Waals surface area contributed by atoms with Gasteiger partial charge in [0.05, 0.1) is 11.9 Å². The predicted octanol–water partition coefficient (Wildman–Crippen LogP) is 3.14. The zero-order valence-corrected chi connectivity index (χ0v) is 16.6. The van der Waals surface area contributed by atoms with Crippen LogP contribution in [0, 0.1) is 0 Å². The van der Waals surface area contributed by atoms with E-state index in [1.807, 2.05) is 48.1 Å². The summed E-state index contributed by atoms with van der Waals surface area (Å²) in [6, 6.07) is 13.2. The van der Waals surface area contributed by atoms with Crippen LogP contribution < -0.4 is 10.0 Å². The Morgan fingerprint density at radius 1 is 1.14 bits per heavy atom. The molecule has 0 spiro atoms. The molecular formula is C20H22N4O3S. The average molecular weight is 398 g/mol. The SMILES string of the molecule is Cn1ccc2ccc(NC(=O)N3CCc4c(cccc4NS(C)(=O)=O)C3)cc21. The maximum Gasteiger partial charge on any atom is 0.322 e. The highest BCUT2D eigenvalue weighted by atomic mass is 32.2. The Hall–Kier alpha value is -3.00. The number of anilines is 2. The Morgan fingerprint density at radius 3 is 2.75 bits per heavy atom. The summed E-state index contributed by atoms with van der Waals surface area (Å²) in [5.74, 6) is 0. The average Bonchev–Trinajstić information content (AvgIpc) is 3.01. The summed E-state index contributed by atoms with van der Waals surface area (Å²) in [5, 5.41) is 4.09. The fourth-order valence-electron chi connectivity index (χ4n) is 3.62. The van der Waals surface area contributed by atoms with E-state index in [4.69, 9.17) is 0 Å². The number of fused-ring (bicyclic) bond motifs is 2. The van der Waals surface area contributed by atoms with Crippen LogP contribution in [0.15, 0.2) is 48.7 Å². The number of urea groups is 1. The maximum atomic E-state index is 12.7. The second kappa shape index (κ2) is 6.87. The molecule has 2 heterocycles. The highest BCUT2D eigenvalue weighted by Gasteiger charge is 2.23. The van der Waals surface area contributed by atoms with Crippen molar-refractivity contribution in [3.63, 3.8) is 0 Å². The minimum Gasteiger partial charge on any atom is -0.350 e. The van der Waals surface area contributed by atoms with Crippen LogP contribution in [0.2, 0.25) is 0 Å². The molecule has 0 atom stereocenters. The van der Waals surface area contributed by atoms with Crippen molar-refractivity contribution in [3.8, 4) is 0 Å². The van der Waals surface area contributed by atoms with Crippen LogP contribution >= 0.6 is 0 Å². The summed E-state index contributed by atoms with van der Waals surface area (Å²) in [6.45, 7) is 0.959. The summed E-state index contributed by atoms with van der Waals surface area (Å²) in [7, 11) is -1.37. The number of sulfonamides is 1. The van der Waals surface area contributed by atoms with Gasteiger partial charge in [0.2, 0.25) is 10.0 Å². The number of benzene rings is 2. The van der Waals surface area contributed by atoms with E-state index in [0.29, 0.717) is 25.2 Å². The first kappa shape index (κ1) is 18.4. The number of nitrogens with one attached hydrogen (secondary N) is 2. The molecule has 8 heteroatoms. The standard InChI is InChI=1S/C20H22N4O3S/c1-23-10-8-14-6-7-16(12-19(14)23)21-20(25)24-11-9-17-15(13-24)4-3-5-18(17)22-28(2,26)27/h3-8,10,12,22H,9,11,13H2,1-2H3,(H,21,25). The van der Waals surface area contributed by atoms with E-state index < -0.39 is 10.0 Å². The van der Waals surface area contributed by atoms with Crippen molar-refractivity contribution in [1.82, 2.24) is 9.47 Å². The van der Waals surface area contributed by atoms with E-state index in [-0.39, 0.29) is 6.03 Å². The van der Waals surface area contributed by atoms with Crippen LogP contribution in [-0.2, 0) is 30.0 Å². The van der Waals surface area contributed by atoms with E-state index in [0.717, 1.165) is 34.0 Å². The van der Waals surface area contributed by atoms with Crippen molar-refractivity contribution in [3.05, 3.63) is 59.8 Å². The molecule has 0 saturated heterocycles. The number of aryl methyl sites for hydroxylation is 1. The third kappa shape index (κ3) is 3.68. The number of amides is 2. The first-order valence-electron chi connectivity index (χ1n) is 9.00. The summed E-state index contributed by atoms with van der Waals surface area (Å²) in [5.41, 5.74) is 4.29. The Labute approximate surface area is 164 Å². The van der Waals surface area contributed by atoms with E-state index in [9.17, 15) is 13.2 Å². The van der Waals surface area contributed by atoms with Gasteiger partial charge in [-0.25, -0.2) is 13.2 Å². The summed E-state index contributed by atoms with van der Waals surface area (Å²) < 4.78 is 27.7. The molecule has 0 aliphatic carbocycles. The molecule has 1 aromatic heterocycles. The molecule has 0 bridgehead atoms. The van der Waals surface area contributed by atoms with Gasteiger partial charge in [-0.1, -0.05) is 18.2 Å². The largest absolute Gasteiger partial charge is 0.350 e. The molecular weight excluding hydrogens is 376 g/mol. The number of carbonyl (C=O) groups is 1. The minimum absolute atomic E-state index is 0.166. The summed E-state index contributed by atoms with van der Waals surface area (Å²) in [4.78, 5) is 14.5. The quantitative estimate of drug-likeness (QED) is 0.711. The zero-order chi connectivity index (χ0) is 19.9. The van der Waals surface area contributed by atoms with Crippen molar-refractivity contribution in [2.45, 2.75) is 13.0 Å². The third-order valence-electron chi connectivity index (χ3n) is 4.99. The lowest BCUT2D eigenvalue weighted by molar-refractivity contribution is 0.206. The first-order valence-corrected chi connectivity index (χ1v) is 10.9. The Balaban J connectivity index is 1.51. The molecule has 1 aliphatic rings. The molecule has 0 unspecified atom stereocenters. The van der Waals surface area contributed by atoms with Crippen LogP contribution in [0.3, 0.4) is 0 Å². The summed E-state index contributed by atoms with van der Waals surface area (Å²) in [6.07, 6.45) is 3.72. The fraction of sp³-hybridized carbons (Fsp3) is 0.250. The molecule has 1 aliphatic heterocycles. The van der Waals surface area contributed by atoms with Gasteiger partial charge in [-0.15, -0.1) is 0 Å². The highest BCUT2D eigenvalue weighted by Crippen LogP contribution is 2.27. The Kier molecular flexibility index (Phi) is 4.50.